The molecule has 16 heavy (non-hydrogen) atoms. The number of rotatable bonds is 3. The van der Waals surface area contributed by atoms with Crippen LogP contribution in [-0.2, 0) is 6.61 Å². The van der Waals surface area contributed by atoms with Gasteiger partial charge >= 0.3 is 0 Å². The Morgan fingerprint density at radius 2 is 1.81 bits per heavy atom. The van der Waals surface area contributed by atoms with Crippen LogP contribution in [0.25, 0.3) is 0 Å². The summed E-state index contributed by atoms with van der Waals surface area (Å²) in [7, 11) is 0. The molecule has 0 unspecified atom stereocenters. The van der Waals surface area contributed by atoms with Gasteiger partial charge in [-0.15, -0.1) is 10.2 Å². The summed E-state index contributed by atoms with van der Waals surface area (Å²) in [6.45, 7) is 0.383. The normalized spacial score (nSPS) is 10.1. The molecular formula is C11H8BrFN2O. The highest BCUT2D eigenvalue weighted by molar-refractivity contribution is 9.10. The lowest BCUT2D eigenvalue weighted by atomic mass is 10.2. The van der Waals surface area contributed by atoms with Crippen LogP contribution in [0.1, 0.15) is 5.56 Å². The Labute approximate surface area is 100 Å². The van der Waals surface area contributed by atoms with E-state index in [9.17, 15) is 4.39 Å². The molecule has 0 N–H and O–H groups in total. The molecule has 1 heterocycles. The van der Waals surface area contributed by atoms with Gasteiger partial charge in [0.15, 0.2) is 0 Å². The highest BCUT2D eigenvalue weighted by Gasteiger charge is 1.98. The Bertz CT molecular complexity index is 413. The lowest BCUT2D eigenvalue weighted by Crippen LogP contribution is -1.98. The molecule has 3 nitrogen and oxygen atoms in total. The third kappa shape index (κ3) is 3.00. The number of halogens is 2. The van der Waals surface area contributed by atoms with Crippen molar-refractivity contribution >= 4 is 15.9 Å². The molecule has 0 fully saturated rings. The van der Waals surface area contributed by atoms with E-state index in [1.54, 1.807) is 0 Å². The third-order valence-corrected chi connectivity index (χ3v) is 2.44. The topological polar surface area (TPSA) is 35.0 Å². The highest BCUT2D eigenvalue weighted by atomic mass is 79.9. The van der Waals surface area contributed by atoms with E-state index < -0.39 is 5.95 Å². The van der Waals surface area contributed by atoms with Crippen molar-refractivity contribution in [1.29, 1.82) is 0 Å². The smallest absolute Gasteiger partial charge is 0.233 e. The second-order valence-corrected chi connectivity index (χ2v) is 4.03. The first kappa shape index (κ1) is 11.0. The summed E-state index contributed by atoms with van der Waals surface area (Å²) in [5, 5.41) is 6.81. The number of aromatic nitrogens is 2. The molecule has 82 valence electrons. The van der Waals surface area contributed by atoms with E-state index in [2.05, 4.69) is 26.1 Å². The van der Waals surface area contributed by atoms with Crippen LogP contribution in [0, 0.1) is 5.95 Å². The van der Waals surface area contributed by atoms with E-state index in [4.69, 9.17) is 4.74 Å². The minimum absolute atomic E-state index is 0.310. The van der Waals surface area contributed by atoms with Crippen LogP contribution in [0.2, 0.25) is 0 Å². The molecule has 0 bridgehead atoms. The van der Waals surface area contributed by atoms with Gasteiger partial charge in [-0.1, -0.05) is 28.1 Å². The van der Waals surface area contributed by atoms with Gasteiger partial charge in [-0.3, -0.25) is 0 Å². The highest BCUT2D eigenvalue weighted by Crippen LogP contribution is 2.12. The van der Waals surface area contributed by atoms with Crippen LogP contribution in [-0.4, -0.2) is 10.2 Å². The lowest BCUT2D eigenvalue weighted by molar-refractivity contribution is 0.288. The summed E-state index contributed by atoms with van der Waals surface area (Å²) in [6.07, 6.45) is 0. The minimum atomic E-state index is -0.615. The zero-order valence-corrected chi connectivity index (χ0v) is 9.82. The number of ether oxygens (including phenoxy) is 1. The summed E-state index contributed by atoms with van der Waals surface area (Å²) in [4.78, 5) is 0. The average molecular weight is 283 g/mol. The van der Waals surface area contributed by atoms with E-state index in [-0.39, 0.29) is 0 Å². The first-order valence-electron chi connectivity index (χ1n) is 4.60. The second-order valence-electron chi connectivity index (χ2n) is 3.11. The maximum Gasteiger partial charge on any atom is 0.233 e. The van der Waals surface area contributed by atoms with Crippen molar-refractivity contribution in [2.45, 2.75) is 6.61 Å². The molecule has 5 heteroatoms. The number of hydrogen-bond donors (Lipinski definition) is 0. The second kappa shape index (κ2) is 5.03. The predicted octanol–water partition coefficient (Wildman–Crippen LogP) is 2.96. The molecule has 0 amide bonds. The average Bonchev–Trinajstić information content (AvgIpc) is 2.30. The summed E-state index contributed by atoms with van der Waals surface area (Å²) in [6, 6.07) is 10.4. The summed E-state index contributed by atoms with van der Waals surface area (Å²) >= 11 is 3.34. The van der Waals surface area contributed by atoms with Crippen LogP contribution >= 0.6 is 15.9 Å². The fourth-order valence-corrected chi connectivity index (χ4v) is 1.38. The number of benzene rings is 1. The summed E-state index contributed by atoms with van der Waals surface area (Å²) in [5.41, 5.74) is 1.01. The number of nitrogens with zero attached hydrogens (tertiary/aromatic N) is 2. The van der Waals surface area contributed by atoms with E-state index in [1.807, 2.05) is 24.3 Å². The Morgan fingerprint density at radius 1 is 1.06 bits per heavy atom. The third-order valence-electron chi connectivity index (χ3n) is 1.91. The molecule has 0 spiro atoms. The van der Waals surface area contributed by atoms with Crippen molar-refractivity contribution in [1.82, 2.24) is 10.2 Å². The van der Waals surface area contributed by atoms with Gasteiger partial charge in [-0.2, -0.15) is 4.39 Å². The SMILES string of the molecule is Fc1ccc(OCc2ccc(Br)cc2)nn1. The predicted molar refractivity (Wildman–Crippen MR) is 60.5 cm³/mol. The van der Waals surface area contributed by atoms with Crippen LogP contribution in [0.3, 0.4) is 0 Å². The molecule has 0 atom stereocenters. The standard InChI is InChI=1S/C11H8BrFN2O/c12-9-3-1-8(2-4-9)7-16-11-6-5-10(13)14-15-11/h1-6H,7H2. The van der Waals surface area contributed by atoms with E-state index in [0.29, 0.717) is 12.5 Å². The van der Waals surface area contributed by atoms with Gasteiger partial charge in [0.25, 0.3) is 0 Å². The quantitative estimate of drug-likeness (QED) is 0.868. The van der Waals surface area contributed by atoms with Crippen molar-refractivity contribution < 1.29 is 9.13 Å². The summed E-state index contributed by atoms with van der Waals surface area (Å²) < 4.78 is 18.8. The van der Waals surface area contributed by atoms with Crippen molar-refractivity contribution in [2.24, 2.45) is 0 Å². The molecule has 0 saturated carbocycles. The van der Waals surface area contributed by atoms with Crippen LogP contribution in [0.5, 0.6) is 5.88 Å². The summed E-state index contributed by atoms with van der Waals surface area (Å²) in [5.74, 6) is -0.305. The first-order chi connectivity index (χ1) is 7.74. The fraction of sp³-hybridized carbons (Fsp3) is 0.0909. The van der Waals surface area contributed by atoms with Crippen LogP contribution < -0.4 is 4.74 Å². The Hall–Kier alpha value is -1.49. The maximum atomic E-state index is 12.5. The van der Waals surface area contributed by atoms with Crippen molar-refractivity contribution in [3.8, 4) is 5.88 Å². The molecule has 0 aliphatic heterocycles. The van der Waals surface area contributed by atoms with Crippen molar-refractivity contribution in [3.05, 3.63) is 52.4 Å². The van der Waals surface area contributed by atoms with E-state index in [0.717, 1.165) is 10.0 Å². The molecule has 1 aromatic heterocycles. The zero-order chi connectivity index (χ0) is 11.4. The van der Waals surface area contributed by atoms with E-state index in [1.165, 1.54) is 12.1 Å². The minimum Gasteiger partial charge on any atom is -0.472 e. The molecule has 2 rings (SSSR count). The van der Waals surface area contributed by atoms with Crippen molar-refractivity contribution in [2.75, 3.05) is 0 Å². The number of hydrogen-bond acceptors (Lipinski definition) is 3. The largest absolute Gasteiger partial charge is 0.472 e. The van der Waals surface area contributed by atoms with Gasteiger partial charge < -0.3 is 4.74 Å². The van der Waals surface area contributed by atoms with E-state index >= 15 is 0 Å². The van der Waals surface area contributed by atoms with Crippen molar-refractivity contribution in [3.63, 3.8) is 0 Å². The Balaban J connectivity index is 1.97. The first-order valence-corrected chi connectivity index (χ1v) is 5.40. The van der Waals surface area contributed by atoms with Gasteiger partial charge in [0.2, 0.25) is 11.8 Å². The Kier molecular flexibility index (Phi) is 3.46. The molecule has 0 radical (unpaired) electrons. The van der Waals surface area contributed by atoms with Gasteiger partial charge in [-0.25, -0.2) is 0 Å². The molecule has 0 saturated heterocycles. The molecule has 1 aromatic carbocycles. The Morgan fingerprint density at radius 3 is 2.44 bits per heavy atom. The molecule has 0 aliphatic carbocycles. The van der Waals surface area contributed by atoms with Gasteiger partial charge in [0.1, 0.15) is 6.61 Å². The molecule has 2 aromatic rings. The van der Waals surface area contributed by atoms with Gasteiger partial charge in [0, 0.05) is 16.6 Å². The maximum absolute atomic E-state index is 12.5. The molecular weight excluding hydrogens is 275 g/mol. The lowest BCUT2D eigenvalue weighted by Gasteiger charge is -2.04. The monoisotopic (exact) mass is 282 g/mol. The fourth-order valence-electron chi connectivity index (χ4n) is 1.12. The molecule has 0 aliphatic rings. The van der Waals surface area contributed by atoms with Gasteiger partial charge in [0.05, 0.1) is 0 Å². The van der Waals surface area contributed by atoms with Gasteiger partial charge in [-0.05, 0) is 17.7 Å². The van der Waals surface area contributed by atoms with Crippen LogP contribution in [0.4, 0.5) is 4.39 Å². The van der Waals surface area contributed by atoms with Crippen LogP contribution in [0.15, 0.2) is 40.9 Å². The zero-order valence-electron chi connectivity index (χ0n) is 8.23.